The van der Waals surface area contributed by atoms with E-state index in [4.69, 9.17) is 4.74 Å². The van der Waals surface area contributed by atoms with E-state index in [0.717, 1.165) is 32.8 Å². The first-order valence-corrected chi connectivity index (χ1v) is 5.19. The van der Waals surface area contributed by atoms with Crippen LogP contribution in [0.4, 0.5) is 0 Å². The van der Waals surface area contributed by atoms with E-state index in [-0.39, 0.29) is 0 Å². The summed E-state index contributed by atoms with van der Waals surface area (Å²) in [4.78, 5) is 2.25. The van der Waals surface area contributed by atoms with Crippen molar-refractivity contribution in [3.8, 4) is 0 Å². The van der Waals surface area contributed by atoms with Crippen LogP contribution in [0.25, 0.3) is 0 Å². The van der Waals surface area contributed by atoms with Crippen LogP contribution in [0.1, 0.15) is 5.56 Å². The average molecular weight is 212 g/mol. The summed E-state index contributed by atoms with van der Waals surface area (Å²) < 4.78 is 4.95. The van der Waals surface area contributed by atoms with E-state index in [2.05, 4.69) is 27.5 Å². The highest BCUT2D eigenvalue weighted by Gasteiger charge is 2.00. The summed E-state index contributed by atoms with van der Waals surface area (Å²) >= 11 is 0. The Morgan fingerprint density at radius 3 is 3.07 bits per heavy atom. The maximum absolute atomic E-state index is 4.95. The molecule has 5 heteroatoms. The number of methoxy groups -OCH3 is 1. The normalized spacial score (nSPS) is 11.1. The Bertz CT molecular complexity index is 238. The molecule has 0 atom stereocenters. The van der Waals surface area contributed by atoms with Crippen LogP contribution >= 0.6 is 0 Å². The molecule has 0 spiro atoms. The molecule has 0 saturated heterocycles. The number of H-pyrrole nitrogens is 1. The molecule has 5 nitrogen and oxygen atoms in total. The molecule has 1 heterocycles. The molecule has 0 fully saturated rings. The van der Waals surface area contributed by atoms with Gasteiger partial charge in [-0.25, -0.2) is 0 Å². The summed E-state index contributed by atoms with van der Waals surface area (Å²) in [6, 6.07) is 0. The van der Waals surface area contributed by atoms with Crippen LogP contribution in [-0.2, 0) is 11.3 Å². The lowest BCUT2D eigenvalue weighted by molar-refractivity contribution is 0.197. The summed E-state index contributed by atoms with van der Waals surface area (Å²) in [6.45, 7) is 4.62. The molecule has 1 aromatic heterocycles. The molecule has 15 heavy (non-hydrogen) atoms. The molecule has 0 radical (unpaired) electrons. The van der Waals surface area contributed by atoms with Gasteiger partial charge < -0.3 is 15.0 Å². The predicted octanol–water partition coefficient (Wildman–Crippen LogP) is 0.0775. The largest absolute Gasteiger partial charge is 0.383 e. The van der Waals surface area contributed by atoms with E-state index >= 15 is 0 Å². The minimum atomic E-state index is 0.769. The highest BCUT2D eigenvalue weighted by Crippen LogP contribution is 1.97. The lowest BCUT2D eigenvalue weighted by Gasteiger charge is -2.15. The molecule has 0 saturated carbocycles. The minimum absolute atomic E-state index is 0.769. The van der Waals surface area contributed by atoms with Crippen molar-refractivity contribution >= 4 is 0 Å². The van der Waals surface area contributed by atoms with E-state index in [1.807, 2.05) is 12.4 Å². The van der Waals surface area contributed by atoms with Gasteiger partial charge >= 0.3 is 0 Å². The van der Waals surface area contributed by atoms with Gasteiger partial charge in [-0.15, -0.1) is 0 Å². The van der Waals surface area contributed by atoms with E-state index in [1.54, 1.807) is 7.11 Å². The van der Waals surface area contributed by atoms with Gasteiger partial charge in [-0.2, -0.15) is 5.10 Å². The quantitative estimate of drug-likeness (QED) is 0.599. The SMILES string of the molecule is COCCNCCN(C)Cc1cn[nH]c1. The molecule has 0 bridgehead atoms. The van der Waals surface area contributed by atoms with Crippen LogP contribution in [0.15, 0.2) is 12.4 Å². The maximum Gasteiger partial charge on any atom is 0.0587 e. The predicted molar refractivity (Wildman–Crippen MR) is 59.7 cm³/mol. The second-order valence-electron chi connectivity index (χ2n) is 3.59. The van der Waals surface area contributed by atoms with Gasteiger partial charge in [-0.1, -0.05) is 0 Å². The molecule has 0 amide bonds. The van der Waals surface area contributed by atoms with Crippen LogP contribution in [-0.4, -0.2) is 55.5 Å². The van der Waals surface area contributed by atoms with Gasteiger partial charge in [0.2, 0.25) is 0 Å². The Balaban J connectivity index is 2.01. The number of aromatic nitrogens is 2. The second-order valence-corrected chi connectivity index (χ2v) is 3.59. The smallest absolute Gasteiger partial charge is 0.0587 e. The zero-order valence-corrected chi connectivity index (χ0v) is 9.49. The zero-order chi connectivity index (χ0) is 10.9. The number of hydrogen-bond acceptors (Lipinski definition) is 4. The van der Waals surface area contributed by atoms with Crippen molar-refractivity contribution in [1.82, 2.24) is 20.4 Å². The van der Waals surface area contributed by atoms with Gasteiger partial charge in [0.1, 0.15) is 0 Å². The van der Waals surface area contributed by atoms with E-state index < -0.39 is 0 Å². The molecule has 2 N–H and O–H groups in total. The second kappa shape index (κ2) is 7.39. The summed E-state index contributed by atoms with van der Waals surface area (Å²) in [5, 5.41) is 10.0. The van der Waals surface area contributed by atoms with Gasteiger partial charge in [0.15, 0.2) is 0 Å². The van der Waals surface area contributed by atoms with Crippen LogP contribution in [0, 0.1) is 0 Å². The third-order valence-electron chi connectivity index (χ3n) is 2.16. The molecule has 1 aromatic rings. The van der Waals surface area contributed by atoms with E-state index in [1.165, 1.54) is 5.56 Å². The first kappa shape index (κ1) is 12.2. The molecule has 1 rings (SSSR count). The number of rotatable bonds is 8. The van der Waals surface area contributed by atoms with Crippen molar-refractivity contribution in [1.29, 1.82) is 0 Å². The Morgan fingerprint density at radius 1 is 1.53 bits per heavy atom. The summed E-state index contributed by atoms with van der Waals surface area (Å²) in [7, 11) is 3.82. The van der Waals surface area contributed by atoms with Gasteiger partial charge in [0.25, 0.3) is 0 Å². The van der Waals surface area contributed by atoms with Crippen molar-refractivity contribution in [2.24, 2.45) is 0 Å². The lowest BCUT2D eigenvalue weighted by Crippen LogP contribution is -2.30. The number of hydrogen-bond donors (Lipinski definition) is 2. The van der Waals surface area contributed by atoms with Gasteiger partial charge in [0, 0.05) is 45.0 Å². The number of nitrogens with zero attached hydrogens (tertiary/aromatic N) is 2. The standard InChI is InChI=1S/C10H20N4O/c1-14(5-3-11-4-6-15-2)9-10-7-12-13-8-10/h7-8,11H,3-6,9H2,1-2H3,(H,12,13). The van der Waals surface area contributed by atoms with Crippen LogP contribution in [0.5, 0.6) is 0 Å². The summed E-state index contributed by atoms with van der Waals surface area (Å²) in [5.74, 6) is 0. The molecular formula is C10H20N4O. The lowest BCUT2D eigenvalue weighted by atomic mass is 10.3. The first-order chi connectivity index (χ1) is 7.33. The third kappa shape index (κ3) is 5.51. The van der Waals surface area contributed by atoms with Crippen molar-refractivity contribution in [2.75, 3.05) is 40.4 Å². The highest BCUT2D eigenvalue weighted by atomic mass is 16.5. The van der Waals surface area contributed by atoms with Crippen molar-refractivity contribution in [3.63, 3.8) is 0 Å². The van der Waals surface area contributed by atoms with Crippen molar-refractivity contribution in [3.05, 3.63) is 18.0 Å². The zero-order valence-electron chi connectivity index (χ0n) is 9.49. The fourth-order valence-electron chi connectivity index (χ4n) is 1.32. The monoisotopic (exact) mass is 212 g/mol. The number of ether oxygens (including phenoxy) is 1. The Morgan fingerprint density at radius 2 is 2.40 bits per heavy atom. The fourth-order valence-corrected chi connectivity index (χ4v) is 1.32. The summed E-state index contributed by atoms with van der Waals surface area (Å²) in [6.07, 6.45) is 3.78. The molecule has 0 unspecified atom stereocenters. The first-order valence-electron chi connectivity index (χ1n) is 5.19. The minimum Gasteiger partial charge on any atom is -0.383 e. The molecule has 86 valence electrons. The maximum atomic E-state index is 4.95. The topological polar surface area (TPSA) is 53.2 Å². The fraction of sp³-hybridized carbons (Fsp3) is 0.700. The summed E-state index contributed by atoms with van der Waals surface area (Å²) in [5.41, 5.74) is 1.22. The van der Waals surface area contributed by atoms with Crippen LogP contribution in [0.2, 0.25) is 0 Å². The Hall–Kier alpha value is -0.910. The molecular weight excluding hydrogens is 192 g/mol. The Labute approximate surface area is 90.8 Å². The Kier molecular flexibility index (Phi) is 5.99. The van der Waals surface area contributed by atoms with Crippen LogP contribution in [0.3, 0.4) is 0 Å². The van der Waals surface area contributed by atoms with Gasteiger partial charge in [0.05, 0.1) is 12.8 Å². The molecule has 0 aliphatic heterocycles. The molecule has 0 aliphatic carbocycles. The van der Waals surface area contributed by atoms with Crippen LogP contribution < -0.4 is 5.32 Å². The van der Waals surface area contributed by atoms with E-state index in [0.29, 0.717) is 0 Å². The average Bonchev–Trinajstić information content (AvgIpc) is 2.70. The molecule has 0 aromatic carbocycles. The highest BCUT2D eigenvalue weighted by molar-refractivity contribution is 5.01. The number of aromatic amines is 1. The molecule has 0 aliphatic rings. The number of likely N-dealkylation sites (N-methyl/N-ethyl adjacent to an activating group) is 1. The van der Waals surface area contributed by atoms with E-state index in [9.17, 15) is 0 Å². The van der Waals surface area contributed by atoms with Crippen molar-refractivity contribution < 1.29 is 4.74 Å². The third-order valence-corrected chi connectivity index (χ3v) is 2.16. The van der Waals surface area contributed by atoms with Gasteiger partial charge in [-0.05, 0) is 7.05 Å². The van der Waals surface area contributed by atoms with Crippen molar-refractivity contribution in [2.45, 2.75) is 6.54 Å². The number of nitrogens with one attached hydrogen (secondary N) is 2. The van der Waals surface area contributed by atoms with Gasteiger partial charge in [-0.3, -0.25) is 5.10 Å².